The summed E-state index contributed by atoms with van der Waals surface area (Å²) >= 11 is 7.40. The third kappa shape index (κ3) is 1.74. The van der Waals surface area contributed by atoms with Crippen molar-refractivity contribution in [2.75, 3.05) is 0 Å². The summed E-state index contributed by atoms with van der Waals surface area (Å²) in [7, 11) is 0. The summed E-state index contributed by atoms with van der Waals surface area (Å²) in [6.07, 6.45) is 3.74. The topological polar surface area (TPSA) is 25.8 Å². The molecule has 0 saturated carbocycles. The second-order valence-electron chi connectivity index (χ2n) is 6.28. The normalized spacial score (nSPS) is 18.3. The van der Waals surface area contributed by atoms with Crippen LogP contribution in [0.4, 0.5) is 0 Å². The van der Waals surface area contributed by atoms with Gasteiger partial charge in [0.25, 0.3) is 0 Å². The van der Waals surface area contributed by atoms with Gasteiger partial charge in [-0.05, 0) is 12.1 Å². The van der Waals surface area contributed by atoms with E-state index in [1.807, 2.05) is 24.5 Å². The summed E-state index contributed by atoms with van der Waals surface area (Å²) in [5.74, 6) is 0. The Kier molecular flexibility index (Phi) is 3.11. The minimum Gasteiger partial charge on any atom is -0.260 e. The first-order valence-corrected chi connectivity index (χ1v) is 8.17. The molecule has 0 fully saturated rings. The van der Waals surface area contributed by atoms with Crippen LogP contribution in [0.2, 0.25) is 0 Å². The van der Waals surface area contributed by atoms with Gasteiger partial charge >= 0.3 is 0 Å². The van der Waals surface area contributed by atoms with Crippen molar-refractivity contribution < 1.29 is 0 Å². The Morgan fingerprint density at radius 1 is 0.750 bits per heavy atom. The molecule has 0 spiro atoms. The van der Waals surface area contributed by atoms with Crippen LogP contribution in [0.1, 0.15) is 50.2 Å². The highest BCUT2D eigenvalue weighted by Crippen LogP contribution is 2.51. The molecule has 0 N–H and O–H groups in total. The first kappa shape index (κ1) is 14.2. The van der Waals surface area contributed by atoms with E-state index < -0.39 is 0 Å². The molecule has 2 aromatic rings. The second-order valence-corrected chi connectivity index (χ2v) is 7.99. The first-order chi connectivity index (χ1) is 9.28. The van der Waals surface area contributed by atoms with Crippen LogP contribution in [0.25, 0.3) is 0 Å². The molecule has 0 bridgehead atoms. The summed E-state index contributed by atoms with van der Waals surface area (Å²) in [5, 5.41) is 0. The highest BCUT2D eigenvalue weighted by molar-refractivity contribution is 9.10. The maximum Gasteiger partial charge on any atom is 0.0557 e. The summed E-state index contributed by atoms with van der Waals surface area (Å²) in [4.78, 5) is 9.38. The molecule has 2 aromatic heterocycles. The molecule has 0 aliphatic heterocycles. The van der Waals surface area contributed by atoms with Gasteiger partial charge in [-0.15, -0.1) is 0 Å². The molecule has 3 rings (SSSR count). The van der Waals surface area contributed by atoms with Crippen molar-refractivity contribution in [1.82, 2.24) is 9.97 Å². The van der Waals surface area contributed by atoms with Gasteiger partial charge in [0.15, 0.2) is 0 Å². The molecule has 20 heavy (non-hydrogen) atoms. The molecular formula is C16H16Br2N2. The Hall–Kier alpha value is -0.740. The zero-order valence-electron chi connectivity index (χ0n) is 12.0. The van der Waals surface area contributed by atoms with Gasteiger partial charge < -0.3 is 0 Å². The van der Waals surface area contributed by atoms with Crippen molar-refractivity contribution in [1.29, 1.82) is 0 Å². The smallest absolute Gasteiger partial charge is 0.0557 e. The lowest BCUT2D eigenvalue weighted by Gasteiger charge is -2.42. The monoisotopic (exact) mass is 394 g/mol. The lowest BCUT2D eigenvalue weighted by atomic mass is 9.64. The predicted octanol–water partition coefficient (Wildman–Crippen LogP) is 4.97. The van der Waals surface area contributed by atoms with E-state index in [1.54, 1.807) is 0 Å². The number of pyridine rings is 2. The third-order valence-corrected chi connectivity index (χ3v) is 5.56. The second kappa shape index (κ2) is 4.38. The summed E-state index contributed by atoms with van der Waals surface area (Å²) in [6.45, 7) is 8.86. The minimum absolute atomic E-state index is 0.170. The number of halogens is 2. The van der Waals surface area contributed by atoms with Crippen LogP contribution in [0.5, 0.6) is 0 Å². The lowest BCUT2D eigenvalue weighted by Crippen LogP contribution is -2.39. The van der Waals surface area contributed by atoms with E-state index in [2.05, 4.69) is 69.5 Å². The molecule has 4 heteroatoms. The van der Waals surface area contributed by atoms with E-state index in [9.17, 15) is 0 Å². The lowest BCUT2D eigenvalue weighted by molar-refractivity contribution is 0.487. The SMILES string of the molecule is CC1(C)c2nccc(Br)c2C(C)(C)c2nccc(Br)c21. The number of rotatable bonds is 0. The summed E-state index contributed by atoms with van der Waals surface area (Å²) < 4.78 is 2.21. The number of nitrogens with zero attached hydrogens (tertiary/aromatic N) is 2. The van der Waals surface area contributed by atoms with E-state index >= 15 is 0 Å². The van der Waals surface area contributed by atoms with Gasteiger partial charge in [0.05, 0.1) is 11.4 Å². The molecule has 1 aliphatic rings. The molecule has 0 unspecified atom stereocenters. The molecular weight excluding hydrogens is 380 g/mol. The van der Waals surface area contributed by atoms with Crippen molar-refractivity contribution in [3.05, 3.63) is 56.0 Å². The fourth-order valence-electron chi connectivity index (χ4n) is 3.25. The molecule has 104 valence electrons. The van der Waals surface area contributed by atoms with E-state index in [0.717, 1.165) is 20.3 Å². The zero-order valence-corrected chi connectivity index (χ0v) is 15.1. The van der Waals surface area contributed by atoms with Gasteiger partial charge in [0.1, 0.15) is 0 Å². The zero-order chi connectivity index (χ0) is 14.7. The van der Waals surface area contributed by atoms with Crippen molar-refractivity contribution >= 4 is 31.9 Å². The Morgan fingerprint density at radius 2 is 1.10 bits per heavy atom. The highest BCUT2D eigenvalue weighted by atomic mass is 79.9. The van der Waals surface area contributed by atoms with Crippen LogP contribution in [0.15, 0.2) is 33.5 Å². The number of hydrogen-bond donors (Lipinski definition) is 0. The van der Waals surface area contributed by atoms with Crippen LogP contribution in [-0.2, 0) is 10.8 Å². The Morgan fingerprint density at radius 3 is 1.45 bits per heavy atom. The van der Waals surface area contributed by atoms with Crippen molar-refractivity contribution in [3.8, 4) is 0 Å². The standard InChI is InChI=1S/C16H16Br2N2/c1-15(2)11-9(17)5-8-20-14(11)16(3,4)12-10(18)6-7-19-13(12)15/h5-8H,1-4H3. The van der Waals surface area contributed by atoms with E-state index in [-0.39, 0.29) is 10.8 Å². The van der Waals surface area contributed by atoms with Gasteiger partial charge in [0, 0.05) is 43.3 Å². The largest absolute Gasteiger partial charge is 0.260 e. The van der Waals surface area contributed by atoms with Crippen molar-refractivity contribution in [3.63, 3.8) is 0 Å². The molecule has 0 saturated heterocycles. The molecule has 0 amide bonds. The molecule has 2 nitrogen and oxygen atoms in total. The summed E-state index contributed by atoms with van der Waals surface area (Å²) in [5.41, 5.74) is 4.39. The quantitative estimate of drug-likeness (QED) is 0.629. The van der Waals surface area contributed by atoms with Gasteiger partial charge in [-0.3, -0.25) is 9.97 Å². The number of fused-ring (bicyclic) bond motifs is 2. The van der Waals surface area contributed by atoms with Gasteiger partial charge in [-0.1, -0.05) is 59.6 Å². The van der Waals surface area contributed by atoms with E-state index in [0.29, 0.717) is 0 Å². The van der Waals surface area contributed by atoms with Gasteiger partial charge in [0.2, 0.25) is 0 Å². The number of hydrogen-bond acceptors (Lipinski definition) is 2. The Labute approximate surface area is 136 Å². The van der Waals surface area contributed by atoms with E-state index in [4.69, 9.17) is 0 Å². The molecule has 0 atom stereocenters. The average molecular weight is 396 g/mol. The molecule has 0 aromatic carbocycles. The maximum absolute atomic E-state index is 4.69. The van der Waals surface area contributed by atoms with Gasteiger partial charge in [-0.2, -0.15) is 0 Å². The van der Waals surface area contributed by atoms with Crippen LogP contribution >= 0.6 is 31.9 Å². The van der Waals surface area contributed by atoms with Crippen LogP contribution < -0.4 is 0 Å². The Balaban J connectivity index is 2.48. The predicted molar refractivity (Wildman–Crippen MR) is 88.1 cm³/mol. The average Bonchev–Trinajstić information content (AvgIpc) is 2.36. The summed E-state index contributed by atoms with van der Waals surface area (Å²) in [6, 6.07) is 4.03. The molecule has 0 radical (unpaired) electrons. The molecule has 1 aliphatic carbocycles. The number of aromatic nitrogens is 2. The third-order valence-electron chi connectivity index (χ3n) is 4.23. The maximum atomic E-state index is 4.69. The van der Waals surface area contributed by atoms with Crippen LogP contribution in [0, 0.1) is 0 Å². The highest BCUT2D eigenvalue weighted by Gasteiger charge is 2.45. The fourth-order valence-corrected chi connectivity index (χ4v) is 4.85. The van der Waals surface area contributed by atoms with E-state index in [1.165, 1.54) is 11.1 Å². The Bertz CT molecular complexity index is 644. The van der Waals surface area contributed by atoms with Crippen LogP contribution in [0.3, 0.4) is 0 Å². The minimum atomic E-state index is -0.170. The fraction of sp³-hybridized carbons (Fsp3) is 0.375. The van der Waals surface area contributed by atoms with Crippen LogP contribution in [-0.4, -0.2) is 9.97 Å². The first-order valence-electron chi connectivity index (χ1n) is 6.59. The van der Waals surface area contributed by atoms with Gasteiger partial charge in [-0.25, -0.2) is 0 Å². The molecule has 2 heterocycles. The van der Waals surface area contributed by atoms with Crippen molar-refractivity contribution in [2.45, 2.75) is 38.5 Å². The van der Waals surface area contributed by atoms with Crippen molar-refractivity contribution in [2.24, 2.45) is 0 Å².